The second-order valence-corrected chi connectivity index (χ2v) is 3.56. The van der Waals surface area contributed by atoms with Gasteiger partial charge in [0.1, 0.15) is 0 Å². The molecule has 1 heterocycles. The molecule has 0 saturated carbocycles. The van der Waals surface area contributed by atoms with Gasteiger partial charge in [-0.25, -0.2) is 9.97 Å². The van der Waals surface area contributed by atoms with Gasteiger partial charge in [-0.1, -0.05) is 15.9 Å². The number of rotatable bonds is 1. The molecule has 0 radical (unpaired) electrons. The van der Waals surface area contributed by atoms with Crippen LogP contribution in [0.3, 0.4) is 0 Å². The van der Waals surface area contributed by atoms with Crippen molar-refractivity contribution in [3.05, 3.63) is 28.9 Å². The zero-order chi connectivity index (χ0) is 9.26. The summed E-state index contributed by atoms with van der Waals surface area (Å²) in [6, 6.07) is 5.92. The van der Waals surface area contributed by atoms with Gasteiger partial charge in [0.25, 0.3) is 0 Å². The maximum atomic E-state index is 4.29. The third-order valence-corrected chi connectivity index (χ3v) is 2.26. The van der Waals surface area contributed by atoms with E-state index < -0.39 is 0 Å². The minimum Gasteiger partial charge on any atom is -0.357 e. The fraction of sp³-hybridized carbons (Fsp3) is 0.111. The van der Waals surface area contributed by atoms with E-state index in [1.165, 1.54) is 0 Å². The van der Waals surface area contributed by atoms with E-state index in [9.17, 15) is 0 Å². The van der Waals surface area contributed by atoms with E-state index in [1.54, 1.807) is 13.2 Å². The summed E-state index contributed by atoms with van der Waals surface area (Å²) in [4.78, 5) is 8.42. The van der Waals surface area contributed by atoms with E-state index in [1.807, 2.05) is 18.2 Å². The molecule has 0 saturated heterocycles. The zero-order valence-electron chi connectivity index (χ0n) is 7.08. The van der Waals surface area contributed by atoms with E-state index in [4.69, 9.17) is 0 Å². The van der Waals surface area contributed by atoms with Crippen LogP contribution in [-0.2, 0) is 0 Å². The molecule has 0 unspecified atom stereocenters. The molecule has 0 spiro atoms. The molecule has 0 fully saturated rings. The summed E-state index contributed by atoms with van der Waals surface area (Å²) in [6.07, 6.45) is 1.80. The Hall–Kier alpha value is -1.16. The summed E-state index contributed by atoms with van der Waals surface area (Å²) in [6.45, 7) is 0. The quantitative estimate of drug-likeness (QED) is 0.829. The number of anilines is 1. The first kappa shape index (κ1) is 8.44. The van der Waals surface area contributed by atoms with Crippen molar-refractivity contribution in [2.24, 2.45) is 0 Å². The first-order valence-electron chi connectivity index (χ1n) is 3.89. The molecule has 2 rings (SSSR count). The Morgan fingerprint density at radius 3 is 3.00 bits per heavy atom. The van der Waals surface area contributed by atoms with Crippen molar-refractivity contribution < 1.29 is 0 Å². The fourth-order valence-electron chi connectivity index (χ4n) is 1.12. The summed E-state index contributed by atoms with van der Waals surface area (Å²) in [5, 5.41) is 3.94. The summed E-state index contributed by atoms with van der Waals surface area (Å²) in [7, 11) is 1.81. The van der Waals surface area contributed by atoms with Gasteiger partial charge in [0, 0.05) is 23.1 Å². The molecule has 1 N–H and O–H groups in total. The second-order valence-electron chi connectivity index (χ2n) is 2.65. The number of hydrogen-bond donors (Lipinski definition) is 1. The topological polar surface area (TPSA) is 37.8 Å². The number of benzene rings is 1. The number of nitrogens with one attached hydrogen (secondary N) is 1. The van der Waals surface area contributed by atoms with E-state index in [0.29, 0.717) is 5.95 Å². The molecule has 0 aliphatic heterocycles. The minimum atomic E-state index is 0.648. The highest BCUT2D eigenvalue weighted by Gasteiger charge is 1.97. The molecule has 0 atom stereocenters. The lowest BCUT2D eigenvalue weighted by Gasteiger charge is -2.00. The SMILES string of the molecule is CNc1ncc2cc(Br)ccc2n1. The lowest BCUT2D eigenvalue weighted by molar-refractivity contribution is 1.19. The van der Waals surface area contributed by atoms with Crippen molar-refractivity contribution in [1.82, 2.24) is 9.97 Å². The largest absolute Gasteiger partial charge is 0.357 e. The van der Waals surface area contributed by atoms with Gasteiger partial charge in [0.2, 0.25) is 5.95 Å². The monoisotopic (exact) mass is 237 g/mol. The van der Waals surface area contributed by atoms with Crippen LogP contribution in [0.2, 0.25) is 0 Å². The van der Waals surface area contributed by atoms with Crippen molar-refractivity contribution in [3.63, 3.8) is 0 Å². The highest BCUT2D eigenvalue weighted by molar-refractivity contribution is 9.10. The fourth-order valence-corrected chi connectivity index (χ4v) is 1.50. The van der Waals surface area contributed by atoms with Gasteiger partial charge < -0.3 is 5.32 Å². The maximum Gasteiger partial charge on any atom is 0.222 e. The van der Waals surface area contributed by atoms with E-state index in [0.717, 1.165) is 15.4 Å². The third kappa shape index (κ3) is 1.62. The molecule has 13 heavy (non-hydrogen) atoms. The molecule has 0 aliphatic carbocycles. The highest BCUT2D eigenvalue weighted by Crippen LogP contribution is 2.18. The Kier molecular flexibility index (Phi) is 2.14. The number of aromatic nitrogens is 2. The Labute approximate surface area is 84.3 Å². The Balaban J connectivity index is 2.66. The molecule has 2 aromatic rings. The molecule has 4 heteroatoms. The number of nitrogens with zero attached hydrogens (tertiary/aromatic N) is 2. The predicted octanol–water partition coefficient (Wildman–Crippen LogP) is 2.43. The van der Waals surface area contributed by atoms with Crippen LogP contribution < -0.4 is 5.32 Å². The normalized spacial score (nSPS) is 10.3. The molecule has 1 aromatic heterocycles. The van der Waals surface area contributed by atoms with Crippen molar-refractivity contribution >= 4 is 32.8 Å². The van der Waals surface area contributed by atoms with Gasteiger partial charge in [-0.3, -0.25) is 0 Å². The van der Waals surface area contributed by atoms with Crippen LogP contribution in [0, 0.1) is 0 Å². The Bertz CT molecular complexity index is 442. The first-order valence-corrected chi connectivity index (χ1v) is 4.69. The molecule has 0 amide bonds. The van der Waals surface area contributed by atoms with Gasteiger partial charge in [-0.15, -0.1) is 0 Å². The van der Waals surface area contributed by atoms with Gasteiger partial charge in [-0.2, -0.15) is 0 Å². The van der Waals surface area contributed by atoms with Gasteiger partial charge >= 0.3 is 0 Å². The summed E-state index contributed by atoms with van der Waals surface area (Å²) in [5.41, 5.74) is 0.947. The highest BCUT2D eigenvalue weighted by atomic mass is 79.9. The van der Waals surface area contributed by atoms with Crippen LogP contribution in [0.1, 0.15) is 0 Å². The smallest absolute Gasteiger partial charge is 0.222 e. The van der Waals surface area contributed by atoms with Crippen molar-refractivity contribution in [1.29, 1.82) is 0 Å². The van der Waals surface area contributed by atoms with Crippen LogP contribution in [0.25, 0.3) is 10.9 Å². The van der Waals surface area contributed by atoms with Crippen molar-refractivity contribution in [2.45, 2.75) is 0 Å². The van der Waals surface area contributed by atoms with Crippen LogP contribution in [-0.4, -0.2) is 17.0 Å². The molecule has 66 valence electrons. The van der Waals surface area contributed by atoms with Crippen molar-refractivity contribution in [3.8, 4) is 0 Å². The summed E-state index contributed by atoms with van der Waals surface area (Å²) in [5.74, 6) is 0.648. The van der Waals surface area contributed by atoms with Crippen molar-refractivity contribution in [2.75, 3.05) is 12.4 Å². The third-order valence-electron chi connectivity index (χ3n) is 1.77. The van der Waals surface area contributed by atoms with E-state index in [-0.39, 0.29) is 0 Å². The minimum absolute atomic E-state index is 0.648. The molecular formula is C9H8BrN3. The molecule has 1 aromatic carbocycles. The second kappa shape index (κ2) is 3.30. The molecule has 3 nitrogen and oxygen atoms in total. The maximum absolute atomic E-state index is 4.29. The average molecular weight is 238 g/mol. The zero-order valence-corrected chi connectivity index (χ0v) is 8.67. The average Bonchev–Trinajstić information content (AvgIpc) is 2.17. The molecular weight excluding hydrogens is 230 g/mol. The van der Waals surface area contributed by atoms with Gasteiger partial charge in [-0.05, 0) is 18.2 Å². The first-order chi connectivity index (χ1) is 6.29. The van der Waals surface area contributed by atoms with Crippen LogP contribution in [0.5, 0.6) is 0 Å². The number of hydrogen-bond acceptors (Lipinski definition) is 3. The number of halogens is 1. The van der Waals surface area contributed by atoms with Crippen LogP contribution in [0.15, 0.2) is 28.9 Å². The van der Waals surface area contributed by atoms with Crippen LogP contribution >= 0.6 is 15.9 Å². The van der Waals surface area contributed by atoms with Crippen LogP contribution in [0.4, 0.5) is 5.95 Å². The lowest BCUT2D eigenvalue weighted by Crippen LogP contribution is -1.95. The summed E-state index contributed by atoms with van der Waals surface area (Å²) < 4.78 is 1.04. The summed E-state index contributed by atoms with van der Waals surface area (Å²) >= 11 is 3.40. The molecule has 0 bridgehead atoms. The van der Waals surface area contributed by atoms with Gasteiger partial charge in [0.15, 0.2) is 0 Å². The number of fused-ring (bicyclic) bond motifs is 1. The van der Waals surface area contributed by atoms with Gasteiger partial charge in [0.05, 0.1) is 5.52 Å². The predicted molar refractivity (Wildman–Crippen MR) is 56.8 cm³/mol. The Morgan fingerprint density at radius 2 is 2.23 bits per heavy atom. The standard InChI is InChI=1S/C9H8BrN3/c1-11-9-12-5-6-4-7(10)2-3-8(6)13-9/h2-5H,1H3,(H,11,12,13). The van der Waals surface area contributed by atoms with E-state index >= 15 is 0 Å². The Morgan fingerprint density at radius 1 is 1.38 bits per heavy atom. The lowest BCUT2D eigenvalue weighted by atomic mass is 10.2. The molecule has 0 aliphatic rings. The van der Waals surface area contributed by atoms with E-state index in [2.05, 4.69) is 31.2 Å².